The first-order valence-corrected chi connectivity index (χ1v) is 9.01. The van der Waals surface area contributed by atoms with Crippen LogP contribution in [-0.2, 0) is 10.0 Å². The van der Waals surface area contributed by atoms with Crippen LogP contribution in [0, 0.1) is 6.92 Å². The van der Waals surface area contributed by atoms with Gasteiger partial charge in [-0.25, -0.2) is 13.2 Å². The van der Waals surface area contributed by atoms with E-state index in [0.717, 1.165) is 37.0 Å². The molecule has 0 bridgehead atoms. The topological polar surface area (TPSA) is 74.7 Å². The molecule has 7 heteroatoms. The summed E-state index contributed by atoms with van der Waals surface area (Å²) in [6.45, 7) is 4.02. The monoisotopic (exact) mass is 317 g/mol. The third-order valence-corrected chi connectivity index (χ3v) is 7.09. The number of hydrogen-bond acceptors (Lipinski definition) is 4. The molecule has 2 heterocycles. The van der Waals surface area contributed by atoms with Crippen LogP contribution in [0.1, 0.15) is 47.8 Å². The molecule has 0 aliphatic carbocycles. The lowest BCUT2D eigenvalue weighted by Crippen LogP contribution is -2.38. The van der Waals surface area contributed by atoms with E-state index in [1.54, 1.807) is 12.3 Å². The maximum atomic E-state index is 12.8. The van der Waals surface area contributed by atoms with Gasteiger partial charge in [-0.15, -0.1) is 11.3 Å². The van der Waals surface area contributed by atoms with Crippen LogP contribution in [0.15, 0.2) is 10.3 Å². The summed E-state index contributed by atoms with van der Waals surface area (Å²) in [6, 6.07) is -0.0801. The van der Waals surface area contributed by atoms with Crippen molar-refractivity contribution in [3.05, 3.63) is 15.8 Å². The number of aromatic carboxylic acids is 1. The Balaban J connectivity index is 2.49. The minimum atomic E-state index is -3.73. The molecule has 1 atom stereocenters. The third kappa shape index (κ3) is 2.75. The number of sulfonamides is 1. The lowest BCUT2D eigenvalue weighted by Gasteiger charge is -2.26. The molecule has 1 N–H and O–H groups in total. The zero-order chi connectivity index (χ0) is 14.9. The van der Waals surface area contributed by atoms with E-state index < -0.39 is 16.0 Å². The number of nitrogens with zero attached hydrogens (tertiary/aromatic N) is 1. The molecular formula is C13H19NO4S2. The van der Waals surface area contributed by atoms with Gasteiger partial charge in [-0.1, -0.05) is 12.8 Å². The van der Waals surface area contributed by atoms with E-state index in [9.17, 15) is 18.3 Å². The van der Waals surface area contributed by atoms with E-state index in [1.165, 1.54) is 4.31 Å². The maximum Gasteiger partial charge on any atom is 0.347 e. The van der Waals surface area contributed by atoms with E-state index in [4.69, 9.17) is 0 Å². The van der Waals surface area contributed by atoms with Gasteiger partial charge in [0.25, 0.3) is 0 Å². The van der Waals surface area contributed by atoms with Gasteiger partial charge in [-0.3, -0.25) is 0 Å². The van der Waals surface area contributed by atoms with Crippen molar-refractivity contribution < 1.29 is 18.3 Å². The summed E-state index contributed by atoms with van der Waals surface area (Å²) in [6.07, 6.45) is 3.69. The van der Waals surface area contributed by atoms with Crippen molar-refractivity contribution >= 4 is 27.3 Å². The molecule has 0 radical (unpaired) electrons. The molecule has 1 aliphatic heterocycles. The fourth-order valence-corrected chi connectivity index (χ4v) is 5.91. The van der Waals surface area contributed by atoms with Crippen LogP contribution >= 0.6 is 11.3 Å². The highest BCUT2D eigenvalue weighted by atomic mass is 32.2. The number of aryl methyl sites for hydroxylation is 1. The molecule has 1 unspecified atom stereocenters. The van der Waals surface area contributed by atoms with Crippen molar-refractivity contribution in [1.82, 2.24) is 4.31 Å². The van der Waals surface area contributed by atoms with E-state index >= 15 is 0 Å². The third-order valence-electron chi connectivity index (χ3n) is 3.67. The van der Waals surface area contributed by atoms with Crippen LogP contribution < -0.4 is 0 Å². The Labute approximate surface area is 123 Å². The Morgan fingerprint density at radius 1 is 1.40 bits per heavy atom. The fraction of sp³-hybridized carbons (Fsp3) is 0.615. The molecule has 1 saturated heterocycles. The Morgan fingerprint density at radius 3 is 2.75 bits per heavy atom. The van der Waals surface area contributed by atoms with Crippen molar-refractivity contribution in [3.8, 4) is 0 Å². The summed E-state index contributed by atoms with van der Waals surface area (Å²) in [5.41, 5.74) is 0.517. The summed E-state index contributed by atoms with van der Waals surface area (Å²) in [4.78, 5) is 11.1. The maximum absolute atomic E-state index is 12.8. The summed E-state index contributed by atoms with van der Waals surface area (Å²) >= 11 is 0.976. The average Bonchev–Trinajstić information content (AvgIpc) is 2.62. The summed E-state index contributed by atoms with van der Waals surface area (Å²) < 4.78 is 27.1. The minimum Gasteiger partial charge on any atom is -0.477 e. The second-order valence-electron chi connectivity index (χ2n) is 5.20. The average molecular weight is 317 g/mol. The van der Waals surface area contributed by atoms with Gasteiger partial charge in [0.15, 0.2) is 0 Å². The van der Waals surface area contributed by atoms with E-state index in [2.05, 4.69) is 0 Å². The zero-order valence-corrected chi connectivity index (χ0v) is 13.3. The predicted molar refractivity (Wildman–Crippen MR) is 77.8 cm³/mol. The van der Waals surface area contributed by atoms with Crippen LogP contribution in [0.5, 0.6) is 0 Å². The lowest BCUT2D eigenvalue weighted by atomic mass is 10.1. The Bertz CT molecular complexity index is 606. The van der Waals surface area contributed by atoms with Crippen LogP contribution in [0.25, 0.3) is 0 Å². The number of carboxylic acids is 1. The summed E-state index contributed by atoms with van der Waals surface area (Å²) in [5, 5.41) is 10.8. The lowest BCUT2D eigenvalue weighted by molar-refractivity contribution is 0.0698. The van der Waals surface area contributed by atoms with Crippen molar-refractivity contribution in [3.63, 3.8) is 0 Å². The first-order chi connectivity index (χ1) is 9.35. The van der Waals surface area contributed by atoms with Gasteiger partial charge >= 0.3 is 5.97 Å². The molecule has 0 amide bonds. The summed E-state index contributed by atoms with van der Waals surface area (Å²) in [5.74, 6) is -1.18. The molecule has 1 aromatic heterocycles. The molecule has 112 valence electrons. The molecule has 20 heavy (non-hydrogen) atoms. The predicted octanol–water partition coefficient (Wildman–Crippen LogP) is 2.71. The summed E-state index contributed by atoms with van der Waals surface area (Å²) in [7, 11) is -3.73. The number of thiophene rings is 1. The molecule has 1 fully saturated rings. The first-order valence-electron chi connectivity index (χ1n) is 6.69. The second-order valence-corrected chi connectivity index (χ2v) is 7.90. The zero-order valence-electron chi connectivity index (χ0n) is 11.6. The quantitative estimate of drug-likeness (QED) is 0.930. The van der Waals surface area contributed by atoms with Gasteiger partial charge < -0.3 is 5.11 Å². The van der Waals surface area contributed by atoms with E-state index in [1.807, 2.05) is 6.92 Å². The second kappa shape index (κ2) is 5.83. The fourth-order valence-electron chi connectivity index (χ4n) is 2.62. The van der Waals surface area contributed by atoms with Gasteiger partial charge in [0.1, 0.15) is 9.77 Å². The number of rotatable bonds is 3. The Hall–Kier alpha value is -0.920. The van der Waals surface area contributed by atoms with Crippen LogP contribution in [0.4, 0.5) is 0 Å². The van der Waals surface area contributed by atoms with Gasteiger partial charge in [-0.2, -0.15) is 4.31 Å². The van der Waals surface area contributed by atoms with Crippen LogP contribution in [0.3, 0.4) is 0 Å². The van der Waals surface area contributed by atoms with Gasteiger partial charge in [0, 0.05) is 12.6 Å². The number of carboxylic acid groups (broad SMARTS) is 1. The number of carbonyl (C=O) groups is 1. The molecule has 5 nitrogen and oxygen atoms in total. The molecule has 0 aromatic carbocycles. The standard InChI is InChI=1S/C13H19NO4S2/c1-9-8-19-11(13(15)16)12(9)20(17,18)14-7-5-3-4-6-10(14)2/h8,10H,3-7H2,1-2H3,(H,15,16). The van der Waals surface area contributed by atoms with Gasteiger partial charge in [0.2, 0.25) is 10.0 Å². The van der Waals surface area contributed by atoms with Crippen molar-refractivity contribution in [2.75, 3.05) is 6.54 Å². The number of hydrogen-bond donors (Lipinski definition) is 1. The highest BCUT2D eigenvalue weighted by Crippen LogP contribution is 2.32. The molecule has 1 aromatic rings. The SMILES string of the molecule is Cc1csc(C(=O)O)c1S(=O)(=O)N1CCCCCC1C. The largest absolute Gasteiger partial charge is 0.477 e. The Morgan fingerprint density at radius 2 is 2.10 bits per heavy atom. The Kier molecular flexibility index (Phi) is 4.51. The molecule has 2 rings (SSSR count). The minimum absolute atomic E-state index is 0.0243. The van der Waals surface area contributed by atoms with Crippen LogP contribution in [-0.4, -0.2) is 36.4 Å². The van der Waals surface area contributed by atoms with Crippen molar-refractivity contribution in [2.45, 2.75) is 50.5 Å². The highest BCUT2D eigenvalue weighted by Gasteiger charge is 2.35. The first kappa shape index (κ1) is 15.5. The van der Waals surface area contributed by atoms with Gasteiger partial charge in [0.05, 0.1) is 0 Å². The molecule has 0 saturated carbocycles. The van der Waals surface area contributed by atoms with E-state index in [-0.39, 0.29) is 15.8 Å². The van der Waals surface area contributed by atoms with Crippen molar-refractivity contribution in [2.24, 2.45) is 0 Å². The molecule has 0 spiro atoms. The normalized spacial score (nSPS) is 21.6. The molecular weight excluding hydrogens is 298 g/mol. The van der Waals surface area contributed by atoms with Gasteiger partial charge in [-0.05, 0) is 37.6 Å². The van der Waals surface area contributed by atoms with E-state index in [0.29, 0.717) is 12.1 Å². The van der Waals surface area contributed by atoms with Crippen LogP contribution in [0.2, 0.25) is 0 Å². The molecule has 1 aliphatic rings. The van der Waals surface area contributed by atoms with Crippen molar-refractivity contribution in [1.29, 1.82) is 0 Å². The highest BCUT2D eigenvalue weighted by molar-refractivity contribution is 7.89. The smallest absolute Gasteiger partial charge is 0.347 e.